The van der Waals surface area contributed by atoms with Gasteiger partial charge in [0.25, 0.3) is 0 Å². The maximum atomic E-state index is 12.1. The number of hydrogen-bond donors (Lipinski definition) is 0. The van der Waals surface area contributed by atoms with Crippen molar-refractivity contribution in [2.75, 3.05) is 0 Å². The second-order valence-electron chi connectivity index (χ2n) is 14.4. The van der Waals surface area contributed by atoms with Crippen molar-refractivity contribution in [3.8, 4) is 22.3 Å². The molecule has 6 aromatic rings. The second kappa shape index (κ2) is 14.3. The standard InChI is InChI=1S/C44H37OS2.6FH.Sb/c1-28(45)29-15-22-36-37-23-18-31(26-41(37)44(4,5)40(36)25-29)46-30-16-19-33(20-17-30)47(32-11-7-6-8-12-32)34-21-24-38-35-13-9-10-14-39(35)43(2,3)42(38)27-34;;;;;;;/h6-27H,1-5H3;6*1H;/q+1;;;;;;;+5/p-6. The SMILES string of the molecule is CC(=O)c1ccc2c(c1)C(C)(C)c1cc(Sc3ccc([S+](c4ccccc4)c4ccc5c(c4)C(C)(C)c4ccccc4-5)cc3)ccc1-2.[F-].[F][Sb]([F])([F])([F])[F]. The van der Waals surface area contributed by atoms with Crippen LogP contribution in [0.1, 0.15) is 67.2 Å². The zero-order valence-electron chi connectivity index (χ0n) is 30.1. The van der Waals surface area contributed by atoms with Gasteiger partial charge in [0.2, 0.25) is 0 Å². The van der Waals surface area contributed by atoms with E-state index in [4.69, 9.17) is 0 Å². The molecule has 0 fully saturated rings. The van der Waals surface area contributed by atoms with Crippen LogP contribution in [-0.4, -0.2) is 26.1 Å². The summed E-state index contributed by atoms with van der Waals surface area (Å²) in [5, 5.41) is 0. The van der Waals surface area contributed by atoms with Gasteiger partial charge in [-0.2, -0.15) is 0 Å². The molecule has 1 atom stereocenters. The van der Waals surface area contributed by atoms with Gasteiger partial charge in [-0.05, 0) is 124 Å². The summed E-state index contributed by atoms with van der Waals surface area (Å²) in [6, 6.07) is 49.2. The van der Waals surface area contributed by atoms with Crippen LogP contribution in [0.15, 0.2) is 158 Å². The van der Waals surface area contributed by atoms with Gasteiger partial charge < -0.3 is 4.70 Å². The van der Waals surface area contributed by atoms with Crippen molar-refractivity contribution < 1.29 is 23.6 Å². The Hall–Kier alpha value is -3.91. The summed E-state index contributed by atoms with van der Waals surface area (Å²) >= 11 is -7.38. The Balaban J connectivity index is 0.000000659. The van der Waals surface area contributed by atoms with Crippen LogP contribution >= 0.6 is 11.8 Å². The van der Waals surface area contributed by atoms with Gasteiger partial charge in [-0.15, -0.1) is 0 Å². The number of halogens is 6. The van der Waals surface area contributed by atoms with Gasteiger partial charge in [0.05, 0.1) is 10.9 Å². The molecule has 278 valence electrons. The number of Topliss-reactive ketones (excluding diaryl/α,β-unsaturated/α-hetero) is 1. The van der Waals surface area contributed by atoms with E-state index in [1.807, 2.05) is 17.8 Å². The van der Waals surface area contributed by atoms with Gasteiger partial charge in [-0.3, -0.25) is 4.79 Å². The molecule has 1 nitrogen and oxygen atoms in total. The average molecular weight is 882 g/mol. The van der Waals surface area contributed by atoms with E-state index >= 15 is 0 Å². The molecule has 0 amide bonds. The normalized spacial score (nSPS) is 15.5. The van der Waals surface area contributed by atoms with Crippen molar-refractivity contribution in [3.63, 3.8) is 0 Å². The summed E-state index contributed by atoms with van der Waals surface area (Å²) < 4.78 is 49.6. The number of hydrogen-bond acceptors (Lipinski definition) is 2. The molecule has 0 radical (unpaired) electrons. The van der Waals surface area contributed by atoms with Crippen molar-refractivity contribution >= 4 is 48.7 Å². The number of benzene rings is 6. The quantitative estimate of drug-likeness (QED) is 0.0718. The van der Waals surface area contributed by atoms with Gasteiger partial charge in [0.1, 0.15) is 0 Å². The summed E-state index contributed by atoms with van der Waals surface area (Å²) in [7, 11) is -0.232. The third-order valence-electron chi connectivity index (χ3n) is 10.1. The third-order valence-corrected chi connectivity index (χ3v) is 13.3. The van der Waals surface area contributed by atoms with E-state index in [-0.39, 0.29) is 32.2 Å². The Morgan fingerprint density at radius 2 is 0.963 bits per heavy atom. The summed E-state index contributed by atoms with van der Waals surface area (Å²) in [5.41, 5.74) is 11.2. The van der Waals surface area contributed by atoms with Crippen LogP contribution in [0.25, 0.3) is 22.3 Å². The fourth-order valence-corrected chi connectivity index (χ4v) is 10.5. The first-order chi connectivity index (χ1) is 24.9. The molecule has 54 heavy (non-hydrogen) atoms. The summed E-state index contributed by atoms with van der Waals surface area (Å²) in [6.07, 6.45) is 0. The van der Waals surface area contributed by atoms with E-state index < -0.39 is 20.3 Å². The Labute approximate surface area is 323 Å². The zero-order valence-corrected chi connectivity index (χ0v) is 34.3. The second-order valence-corrected chi connectivity index (χ2v) is 21.2. The van der Waals surface area contributed by atoms with Gasteiger partial charge in [0.15, 0.2) is 20.5 Å². The van der Waals surface area contributed by atoms with Gasteiger partial charge in [-0.25, -0.2) is 0 Å². The van der Waals surface area contributed by atoms with Crippen LogP contribution in [0.2, 0.25) is 0 Å². The average Bonchev–Trinajstić information content (AvgIpc) is 3.47. The molecule has 0 heterocycles. The van der Waals surface area contributed by atoms with E-state index in [1.54, 1.807) is 6.92 Å². The molecule has 0 aromatic heterocycles. The monoisotopic (exact) mass is 880 g/mol. The van der Waals surface area contributed by atoms with E-state index in [1.165, 1.54) is 69.0 Å². The van der Waals surface area contributed by atoms with Gasteiger partial charge >= 0.3 is 34.4 Å². The molecular formula is C44H37F6OS2Sb. The fraction of sp³-hybridized carbons (Fsp3) is 0.159. The van der Waals surface area contributed by atoms with Crippen LogP contribution in [-0.2, 0) is 21.7 Å². The Kier molecular flexibility index (Phi) is 10.5. The molecule has 2 aliphatic carbocycles. The summed E-state index contributed by atoms with van der Waals surface area (Å²) in [6.45, 7) is 10.9. The molecule has 0 aliphatic heterocycles. The van der Waals surface area contributed by atoms with Crippen LogP contribution in [0.5, 0.6) is 0 Å². The molecule has 0 saturated heterocycles. The molecule has 8 rings (SSSR count). The first-order valence-corrected chi connectivity index (χ1v) is 24.0. The van der Waals surface area contributed by atoms with Crippen LogP contribution in [0.4, 0.5) is 14.1 Å². The number of carbonyl (C=O) groups excluding carboxylic acids is 1. The van der Waals surface area contributed by atoms with Gasteiger partial charge in [0, 0.05) is 26.2 Å². The third kappa shape index (κ3) is 7.91. The minimum atomic E-state index is -9.19. The topological polar surface area (TPSA) is 17.1 Å². The van der Waals surface area contributed by atoms with E-state index in [0.29, 0.717) is 0 Å². The molecule has 10 heteroatoms. The van der Waals surface area contributed by atoms with E-state index in [9.17, 15) is 18.9 Å². The zero-order chi connectivity index (χ0) is 37.9. The number of ketones is 1. The van der Waals surface area contributed by atoms with Crippen molar-refractivity contribution in [3.05, 3.63) is 161 Å². The summed E-state index contributed by atoms with van der Waals surface area (Å²) in [5.74, 6) is 0.111. The van der Waals surface area contributed by atoms with Crippen molar-refractivity contribution in [2.45, 2.75) is 69.9 Å². The Bertz CT molecular complexity index is 2370. The Morgan fingerprint density at radius 3 is 1.59 bits per heavy atom. The molecule has 2 aliphatic rings. The van der Waals surface area contributed by atoms with Crippen molar-refractivity contribution in [2.24, 2.45) is 0 Å². The predicted octanol–water partition coefficient (Wildman–Crippen LogP) is 10.5. The summed E-state index contributed by atoms with van der Waals surface area (Å²) in [4.78, 5) is 18.6. The predicted molar refractivity (Wildman–Crippen MR) is 208 cm³/mol. The minimum absolute atomic E-state index is 0. The van der Waals surface area contributed by atoms with E-state index in [0.717, 1.165) is 5.56 Å². The molecule has 0 saturated carbocycles. The molecular weight excluding hydrogens is 844 g/mol. The molecule has 6 aromatic carbocycles. The fourth-order valence-electron chi connectivity index (χ4n) is 7.55. The molecule has 1 unspecified atom stereocenters. The molecule has 0 bridgehead atoms. The van der Waals surface area contributed by atoms with Crippen LogP contribution < -0.4 is 4.70 Å². The van der Waals surface area contributed by atoms with E-state index in [2.05, 4.69) is 155 Å². The first-order valence-electron chi connectivity index (χ1n) is 17.1. The molecule has 0 N–H and O–H groups in total. The molecule has 0 spiro atoms. The van der Waals surface area contributed by atoms with Crippen LogP contribution in [0.3, 0.4) is 0 Å². The number of rotatable bonds is 6. The number of fused-ring (bicyclic) bond motifs is 6. The first kappa shape index (κ1) is 39.8. The van der Waals surface area contributed by atoms with Crippen LogP contribution in [0, 0.1) is 0 Å². The Morgan fingerprint density at radius 1 is 0.519 bits per heavy atom. The van der Waals surface area contributed by atoms with Crippen molar-refractivity contribution in [1.29, 1.82) is 0 Å². The number of carbonyl (C=O) groups is 1. The van der Waals surface area contributed by atoms with Gasteiger partial charge in [-0.1, -0.05) is 100 Å². The van der Waals surface area contributed by atoms with Crippen molar-refractivity contribution in [1.82, 2.24) is 0 Å². The maximum absolute atomic E-state index is 12.1.